The van der Waals surface area contributed by atoms with E-state index in [1.165, 1.54) is 5.56 Å². The smallest absolute Gasteiger partial charge is 0.256 e. The van der Waals surface area contributed by atoms with Crippen molar-refractivity contribution in [1.82, 2.24) is 14.8 Å². The molecule has 1 aromatic heterocycles. The molecule has 8 heteroatoms. The van der Waals surface area contributed by atoms with Crippen LogP contribution in [0.3, 0.4) is 0 Å². The van der Waals surface area contributed by atoms with E-state index in [4.69, 9.17) is 9.47 Å². The van der Waals surface area contributed by atoms with Crippen molar-refractivity contribution in [3.63, 3.8) is 0 Å². The zero-order chi connectivity index (χ0) is 25.7. The van der Waals surface area contributed by atoms with Gasteiger partial charge in [0.25, 0.3) is 11.8 Å². The number of likely N-dealkylation sites (N-methyl/N-ethyl adjacent to an activating group) is 1. The van der Waals surface area contributed by atoms with Crippen molar-refractivity contribution in [1.29, 1.82) is 0 Å². The Bertz CT molecular complexity index is 1100. The zero-order valence-electron chi connectivity index (χ0n) is 21.9. The highest BCUT2D eigenvalue weighted by molar-refractivity contribution is 5.96. The van der Waals surface area contributed by atoms with Crippen molar-refractivity contribution in [3.05, 3.63) is 53.7 Å². The van der Waals surface area contributed by atoms with Gasteiger partial charge in [-0.05, 0) is 69.2 Å². The second kappa shape index (κ2) is 11.5. The quantitative estimate of drug-likeness (QED) is 0.634. The number of morpholine rings is 1. The molecule has 1 unspecified atom stereocenters. The minimum absolute atomic E-state index is 0.0440. The van der Waals surface area contributed by atoms with Crippen LogP contribution in [0, 0.1) is 0 Å². The largest absolute Gasteiger partial charge is 0.491 e. The van der Waals surface area contributed by atoms with E-state index in [1.54, 1.807) is 17.2 Å². The highest BCUT2D eigenvalue weighted by atomic mass is 16.5. The lowest BCUT2D eigenvalue weighted by Crippen LogP contribution is -2.62. The lowest BCUT2D eigenvalue weighted by molar-refractivity contribution is -0.170. The number of hydrogen-bond acceptors (Lipinski definition) is 6. The lowest BCUT2D eigenvalue weighted by Gasteiger charge is -2.44. The van der Waals surface area contributed by atoms with Gasteiger partial charge in [-0.1, -0.05) is 18.2 Å². The van der Waals surface area contributed by atoms with Crippen LogP contribution in [0.4, 0.5) is 5.82 Å². The molecule has 3 aliphatic heterocycles. The monoisotopic (exact) mass is 506 g/mol. The Balaban J connectivity index is 1.35. The van der Waals surface area contributed by atoms with Gasteiger partial charge in [0, 0.05) is 37.9 Å². The number of anilines is 1. The number of para-hydroxylation sites is 1. The fourth-order valence-corrected chi connectivity index (χ4v) is 5.73. The van der Waals surface area contributed by atoms with E-state index >= 15 is 0 Å². The van der Waals surface area contributed by atoms with E-state index in [0.29, 0.717) is 44.8 Å². The highest BCUT2D eigenvalue weighted by Crippen LogP contribution is 2.30. The molecule has 2 fully saturated rings. The van der Waals surface area contributed by atoms with Crippen molar-refractivity contribution < 1.29 is 19.1 Å². The van der Waals surface area contributed by atoms with Crippen LogP contribution < -0.4 is 9.64 Å². The van der Waals surface area contributed by atoms with Crippen molar-refractivity contribution in [2.24, 2.45) is 0 Å². The van der Waals surface area contributed by atoms with Crippen LogP contribution in [-0.4, -0.2) is 84.7 Å². The summed E-state index contributed by atoms with van der Waals surface area (Å²) in [4.78, 5) is 37.9. The number of rotatable bonds is 3. The van der Waals surface area contributed by atoms with E-state index in [9.17, 15) is 9.59 Å². The summed E-state index contributed by atoms with van der Waals surface area (Å²) in [7, 11) is 0. The number of nitrogens with zero attached hydrogens (tertiary/aromatic N) is 4. The van der Waals surface area contributed by atoms with Gasteiger partial charge in [-0.25, -0.2) is 4.98 Å². The third-order valence-corrected chi connectivity index (χ3v) is 7.82. The van der Waals surface area contributed by atoms with Gasteiger partial charge in [0.05, 0.1) is 19.7 Å². The van der Waals surface area contributed by atoms with Gasteiger partial charge in [-0.2, -0.15) is 0 Å². The predicted octanol–water partition coefficient (Wildman–Crippen LogP) is 3.55. The average Bonchev–Trinajstić information content (AvgIpc) is 3.48. The Labute approximate surface area is 219 Å². The van der Waals surface area contributed by atoms with Crippen molar-refractivity contribution in [2.75, 3.05) is 57.4 Å². The van der Waals surface area contributed by atoms with Crippen LogP contribution in [-0.2, 0) is 16.0 Å². The minimum Gasteiger partial charge on any atom is -0.491 e. The highest BCUT2D eigenvalue weighted by Gasteiger charge is 2.46. The molecule has 5 rings (SSSR count). The predicted molar refractivity (Wildman–Crippen MR) is 142 cm³/mol. The number of ether oxygens (including phenoxy) is 2. The molecule has 0 saturated carbocycles. The van der Waals surface area contributed by atoms with Gasteiger partial charge in [0.1, 0.15) is 18.2 Å². The summed E-state index contributed by atoms with van der Waals surface area (Å²) >= 11 is 0. The van der Waals surface area contributed by atoms with Crippen LogP contribution in [0.15, 0.2) is 42.6 Å². The second-order valence-corrected chi connectivity index (χ2v) is 10.2. The molecule has 37 heavy (non-hydrogen) atoms. The van der Waals surface area contributed by atoms with Crippen molar-refractivity contribution in [2.45, 2.75) is 51.0 Å². The van der Waals surface area contributed by atoms with Gasteiger partial charge < -0.3 is 24.2 Å². The summed E-state index contributed by atoms with van der Waals surface area (Å²) < 4.78 is 12.4. The fraction of sp³-hybridized carbons (Fsp3) is 0.552. The summed E-state index contributed by atoms with van der Waals surface area (Å²) in [5.41, 5.74) is 0.777. The normalized spacial score (nSPS) is 23.3. The maximum atomic E-state index is 13.9. The lowest BCUT2D eigenvalue weighted by atomic mass is 9.90. The number of aryl methyl sites for hydroxylation is 1. The SMILES string of the molecule is CCN1CCOc2ccccc2CCCCC2(CN(C(=O)c3ccnc(N4CCCC4)c3)CCO2)C1=O. The molecule has 3 aliphatic rings. The first kappa shape index (κ1) is 25.5. The second-order valence-electron chi connectivity index (χ2n) is 10.2. The maximum absolute atomic E-state index is 13.9. The number of aromatic nitrogens is 1. The van der Waals surface area contributed by atoms with E-state index < -0.39 is 5.60 Å². The Kier molecular flexibility index (Phi) is 7.93. The number of amides is 2. The van der Waals surface area contributed by atoms with Crippen LogP contribution >= 0.6 is 0 Å². The molecular formula is C29H38N4O4. The number of carbonyl (C=O) groups excluding carboxylic acids is 2. The number of benzene rings is 1. The van der Waals surface area contributed by atoms with Crippen LogP contribution in [0.25, 0.3) is 0 Å². The number of carbonyl (C=O) groups is 2. The molecule has 198 valence electrons. The maximum Gasteiger partial charge on any atom is 0.256 e. The molecule has 0 aliphatic carbocycles. The first-order valence-corrected chi connectivity index (χ1v) is 13.7. The molecular weight excluding hydrogens is 468 g/mol. The van der Waals surface area contributed by atoms with Crippen molar-refractivity contribution >= 4 is 17.6 Å². The molecule has 2 aromatic rings. The van der Waals surface area contributed by atoms with Gasteiger partial charge in [-0.3, -0.25) is 9.59 Å². The molecule has 2 saturated heterocycles. The Morgan fingerprint density at radius 2 is 1.86 bits per heavy atom. The summed E-state index contributed by atoms with van der Waals surface area (Å²) in [5.74, 6) is 1.64. The topological polar surface area (TPSA) is 75.2 Å². The van der Waals surface area contributed by atoms with E-state index in [-0.39, 0.29) is 18.4 Å². The molecule has 2 amide bonds. The molecule has 0 radical (unpaired) electrons. The Hall–Kier alpha value is -3.13. The van der Waals surface area contributed by atoms with Crippen LogP contribution in [0.2, 0.25) is 0 Å². The molecule has 0 N–H and O–H groups in total. The Morgan fingerprint density at radius 3 is 2.70 bits per heavy atom. The Morgan fingerprint density at radius 1 is 1.03 bits per heavy atom. The molecule has 1 atom stereocenters. The number of hydrogen-bond donors (Lipinski definition) is 0. The third kappa shape index (κ3) is 5.59. The first-order valence-electron chi connectivity index (χ1n) is 13.7. The zero-order valence-corrected chi connectivity index (χ0v) is 21.9. The minimum atomic E-state index is -1.03. The summed E-state index contributed by atoms with van der Waals surface area (Å²) in [6.45, 7) is 6.47. The van der Waals surface area contributed by atoms with Gasteiger partial charge in [0.2, 0.25) is 0 Å². The number of pyridine rings is 1. The summed E-state index contributed by atoms with van der Waals surface area (Å²) in [5, 5.41) is 0. The molecule has 1 aromatic carbocycles. The van der Waals surface area contributed by atoms with E-state index in [0.717, 1.165) is 56.8 Å². The van der Waals surface area contributed by atoms with Crippen molar-refractivity contribution in [3.8, 4) is 5.75 Å². The molecule has 1 spiro atoms. The van der Waals surface area contributed by atoms with Crippen LogP contribution in [0.1, 0.15) is 54.9 Å². The molecule has 4 heterocycles. The molecule has 0 bridgehead atoms. The van der Waals surface area contributed by atoms with Gasteiger partial charge in [-0.15, -0.1) is 0 Å². The van der Waals surface area contributed by atoms with Crippen LogP contribution in [0.5, 0.6) is 5.75 Å². The molecule has 8 nitrogen and oxygen atoms in total. The number of fused-ring (bicyclic) bond motifs is 1. The fourth-order valence-electron chi connectivity index (χ4n) is 5.73. The van der Waals surface area contributed by atoms with Gasteiger partial charge >= 0.3 is 0 Å². The first-order chi connectivity index (χ1) is 18.1. The standard InChI is InChI=1S/C29H38N4O4/c1-2-31-17-19-36-25-11-4-3-9-23(25)10-5-6-13-29(28(31)35)22-33(18-20-37-29)27(34)24-12-14-30-26(21-24)32-15-7-8-16-32/h3-4,9,11-12,14,21H,2,5-8,10,13,15-20,22H2,1H3. The van der Waals surface area contributed by atoms with E-state index in [2.05, 4.69) is 16.0 Å². The summed E-state index contributed by atoms with van der Waals surface area (Å²) in [6, 6.07) is 11.8. The van der Waals surface area contributed by atoms with Gasteiger partial charge in [0.15, 0.2) is 5.60 Å². The third-order valence-electron chi connectivity index (χ3n) is 7.82. The van der Waals surface area contributed by atoms with E-state index in [1.807, 2.05) is 36.1 Å². The average molecular weight is 507 g/mol. The summed E-state index contributed by atoms with van der Waals surface area (Å²) in [6.07, 6.45) is 7.24.